The third-order valence-electron chi connectivity index (χ3n) is 6.51. The molecule has 0 aromatic carbocycles. The first-order chi connectivity index (χ1) is 14.6. The highest BCUT2D eigenvalue weighted by Crippen LogP contribution is 2.41. The smallest absolute Gasteiger partial charge is 0.345 e. The fourth-order valence-corrected chi connectivity index (χ4v) is 6.78. The van der Waals surface area contributed by atoms with Gasteiger partial charge in [0, 0.05) is 24.7 Å². The van der Waals surface area contributed by atoms with E-state index in [1.807, 2.05) is 17.4 Å². The van der Waals surface area contributed by atoms with E-state index >= 15 is 0 Å². The summed E-state index contributed by atoms with van der Waals surface area (Å²) in [6.07, 6.45) is 1.69. The van der Waals surface area contributed by atoms with Crippen LogP contribution >= 0.6 is 0 Å². The lowest BCUT2D eigenvalue weighted by molar-refractivity contribution is -0.165. The van der Waals surface area contributed by atoms with Crippen LogP contribution in [0, 0.1) is 5.92 Å². The van der Waals surface area contributed by atoms with Gasteiger partial charge in [-0.3, -0.25) is 4.40 Å². The van der Waals surface area contributed by atoms with Crippen molar-refractivity contribution in [2.45, 2.75) is 56.8 Å². The van der Waals surface area contributed by atoms with Crippen LogP contribution in [-0.4, -0.2) is 56.9 Å². The van der Waals surface area contributed by atoms with Crippen LogP contribution in [0.5, 0.6) is 0 Å². The SMILES string of the molecule is CC1CC(NS(=O)(=O)N2CCCC2C(F)(F)F)CC1c1ncc2cnc3[nH]ccc3n12. The molecule has 0 bridgehead atoms. The molecule has 0 radical (unpaired) electrons. The Morgan fingerprint density at radius 3 is 2.77 bits per heavy atom. The Kier molecular flexibility index (Phi) is 4.79. The minimum atomic E-state index is -4.57. The van der Waals surface area contributed by atoms with E-state index in [2.05, 4.69) is 19.7 Å². The van der Waals surface area contributed by atoms with Gasteiger partial charge >= 0.3 is 6.18 Å². The van der Waals surface area contributed by atoms with Gasteiger partial charge in [0.05, 0.1) is 23.4 Å². The number of fused-ring (bicyclic) bond motifs is 3. The number of hydrogen-bond donors (Lipinski definition) is 2. The second kappa shape index (κ2) is 7.17. The third kappa shape index (κ3) is 3.50. The van der Waals surface area contributed by atoms with Crippen LogP contribution < -0.4 is 4.72 Å². The van der Waals surface area contributed by atoms with Gasteiger partial charge in [-0.2, -0.15) is 30.6 Å². The molecule has 0 spiro atoms. The van der Waals surface area contributed by atoms with Crippen molar-refractivity contribution in [1.82, 2.24) is 28.4 Å². The zero-order chi connectivity index (χ0) is 22.0. The number of alkyl halides is 3. The first-order valence-corrected chi connectivity index (χ1v) is 11.7. The first-order valence-electron chi connectivity index (χ1n) is 10.3. The van der Waals surface area contributed by atoms with Gasteiger partial charge in [-0.15, -0.1) is 0 Å². The molecule has 3 aromatic rings. The van der Waals surface area contributed by atoms with E-state index in [0.717, 1.165) is 22.5 Å². The van der Waals surface area contributed by atoms with Crippen LogP contribution in [-0.2, 0) is 10.2 Å². The molecule has 4 heterocycles. The summed E-state index contributed by atoms with van der Waals surface area (Å²) < 4.78 is 70.5. The molecule has 0 amide bonds. The number of nitrogens with one attached hydrogen (secondary N) is 2. The van der Waals surface area contributed by atoms with Crippen LogP contribution in [0.3, 0.4) is 0 Å². The monoisotopic (exact) mass is 456 g/mol. The summed E-state index contributed by atoms with van der Waals surface area (Å²) in [6.45, 7) is 1.90. The summed E-state index contributed by atoms with van der Waals surface area (Å²) in [5.74, 6) is 0.885. The van der Waals surface area contributed by atoms with E-state index in [1.54, 1.807) is 18.6 Å². The van der Waals surface area contributed by atoms with Crippen LogP contribution in [0.2, 0.25) is 0 Å². The average Bonchev–Trinajstić information content (AvgIpc) is 3.45. The summed E-state index contributed by atoms with van der Waals surface area (Å²) in [5, 5.41) is 0. The molecule has 2 N–H and O–H groups in total. The molecule has 31 heavy (non-hydrogen) atoms. The van der Waals surface area contributed by atoms with E-state index in [-0.39, 0.29) is 31.2 Å². The molecule has 4 atom stereocenters. The Hall–Kier alpha value is -2.18. The van der Waals surface area contributed by atoms with Crippen molar-refractivity contribution in [2.75, 3.05) is 6.54 Å². The fourth-order valence-electron chi connectivity index (χ4n) is 5.10. The van der Waals surface area contributed by atoms with Crippen molar-refractivity contribution in [2.24, 2.45) is 5.92 Å². The maximum Gasteiger partial charge on any atom is 0.405 e. The molecule has 1 saturated carbocycles. The van der Waals surface area contributed by atoms with Crippen LogP contribution in [0.1, 0.15) is 44.3 Å². The minimum absolute atomic E-state index is 0.0345. The van der Waals surface area contributed by atoms with Gasteiger partial charge in [0.1, 0.15) is 11.9 Å². The molecule has 2 aliphatic rings. The molecule has 12 heteroatoms. The highest BCUT2D eigenvalue weighted by atomic mass is 32.2. The molecule has 8 nitrogen and oxygen atoms in total. The first kappa shape index (κ1) is 20.7. The molecule has 1 aliphatic heterocycles. The summed E-state index contributed by atoms with van der Waals surface area (Å²) in [5.41, 5.74) is 2.44. The summed E-state index contributed by atoms with van der Waals surface area (Å²) in [7, 11) is -4.24. The lowest BCUT2D eigenvalue weighted by Gasteiger charge is -2.27. The number of hydrogen-bond acceptors (Lipinski definition) is 4. The highest BCUT2D eigenvalue weighted by molar-refractivity contribution is 7.87. The van der Waals surface area contributed by atoms with Crippen molar-refractivity contribution in [3.8, 4) is 0 Å². The van der Waals surface area contributed by atoms with Crippen LogP contribution in [0.15, 0.2) is 24.7 Å². The zero-order valence-corrected chi connectivity index (χ0v) is 17.6. The number of aromatic amines is 1. The standard InChI is InChI=1S/C19H23F3N6O2S/c1-11-7-12(26-31(29,30)27-6-2-3-16(27)19(20,21)22)8-14(11)18-25-10-13-9-24-17-15(28(13)18)4-5-23-17/h4-5,9-12,14,16,23,26H,2-3,6-8H2,1H3. The summed E-state index contributed by atoms with van der Waals surface area (Å²) in [6, 6.07) is -0.494. The lowest BCUT2D eigenvalue weighted by Crippen LogP contribution is -2.51. The van der Waals surface area contributed by atoms with Crippen molar-refractivity contribution >= 4 is 26.9 Å². The summed E-state index contributed by atoms with van der Waals surface area (Å²) in [4.78, 5) is 12.0. The number of H-pyrrole nitrogens is 1. The number of imidazole rings is 1. The van der Waals surface area contributed by atoms with E-state index < -0.39 is 28.5 Å². The average molecular weight is 456 g/mol. The number of aromatic nitrogens is 4. The van der Waals surface area contributed by atoms with Crippen molar-refractivity contribution < 1.29 is 21.6 Å². The maximum atomic E-state index is 13.3. The molecular weight excluding hydrogens is 433 g/mol. The van der Waals surface area contributed by atoms with E-state index in [4.69, 9.17) is 0 Å². The molecule has 5 rings (SSSR count). The molecule has 1 saturated heterocycles. The molecule has 4 unspecified atom stereocenters. The van der Waals surface area contributed by atoms with Gasteiger partial charge in [-0.25, -0.2) is 9.97 Å². The molecule has 168 valence electrons. The topological polar surface area (TPSA) is 95.4 Å². The predicted molar refractivity (Wildman–Crippen MR) is 108 cm³/mol. The third-order valence-corrected chi connectivity index (χ3v) is 8.19. The number of nitrogens with zero attached hydrogens (tertiary/aromatic N) is 4. The van der Waals surface area contributed by atoms with Gasteiger partial charge in [-0.05, 0) is 37.7 Å². The molecule has 2 fully saturated rings. The quantitative estimate of drug-likeness (QED) is 0.631. The fraction of sp³-hybridized carbons (Fsp3) is 0.579. The second-order valence-electron chi connectivity index (χ2n) is 8.53. The maximum absolute atomic E-state index is 13.3. The van der Waals surface area contributed by atoms with E-state index in [9.17, 15) is 21.6 Å². The van der Waals surface area contributed by atoms with E-state index in [1.165, 1.54) is 0 Å². The normalized spacial score (nSPS) is 28.3. The van der Waals surface area contributed by atoms with Gasteiger partial charge in [-0.1, -0.05) is 6.92 Å². The molecule has 3 aromatic heterocycles. The second-order valence-corrected chi connectivity index (χ2v) is 10.2. The largest absolute Gasteiger partial charge is 0.405 e. The number of halogens is 3. The van der Waals surface area contributed by atoms with Crippen LogP contribution in [0.4, 0.5) is 13.2 Å². The van der Waals surface area contributed by atoms with Gasteiger partial charge in [0.15, 0.2) is 5.65 Å². The zero-order valence-electron chi connectivity index (χ0n) is 16.8. The highest BCUT2D eigenvalue weighted by Gasteiger charge is 2.51. The Balaban J connectivity index is 1.39. The Labute approximate surface area is 177 Å². The van der Waals surface area contributed by atoms with Gasteiger partial charge in [0.25, 0.3) is 10.2 Å². The van der Waals surface area contributed by atoms with Crippen molar-refractivity contribution in [3.05, 3.63) is 30.5 Å². The van der Waals surface area contributed by atoms with Crippen molar-refractivity contribution in [3.63, 3.8) is 0 Å². The lowest BCUT2D eigenvalue weighted by atomic mass is 9.97. The Bertz CT molecular complexity index is 1220. The Morgan fingerprint density at radius 1 is 1.23 bits per heavy atom. The number of rotatable bonds is 4. The van der Waals surface area contributed by atoms with Gasteiger partial charge < -0.3 is 4.98 Å². The van der Waals surface area contributed by atoms with Gasteiger partial charge in [0.2, 0.25) is 0 Å². The Morgan fingerprint density at radius 2 is 2.00 bits per heavy atom. The minimum Gasteiger partial charge on any atom is -0.345 e. The van der Waals surface area contributed by atoms with Crippen LogP contribution in [0.25, 0.3) is 16.7 Å². The van der Waals surface area contributed by atoms with E-state index in [0.29, 0.717) is 17.1 Å². The summed E-state index contributed by atoms with van der Waals surface area (Å²) >= 11 is 0. The molecule has 1 aliphatic carbocycles. The molecular formula is C19H23F3N6O2S. The predicted octanol–water partition coefficient (Wildman–Crippen LogP) is 2.95. The van der Waals surface area contributed by atoms with Crippen molar-refractivity contribution in [1.29, 1.82) is 0 Å².